The molecule has 1 aromatic carbocycles. The number of halogens is 1. The zero-order valence-electron chi connectivity index (χ0n) is 8.23. The number of hydrogen-bond acceptors (Lipinski definition) is 1. The highest BCUT2D eigenvalue weighted by Gasteiger charge is 2.01. The number of hydrogen-bond donors (Lipinski definition) is 1. The van der Waals surface area contributed by atoms with E-state index in [0.717, 1.165) is 25.1 Å². The highest BCUT2D eigenvalue weighted by molar-refractivity contribution is 5.50. The van der Waals surface area contributed by atoms with Gasteiger partial charge in [-0.1, -0.05) is 19.4 Å². The SMILES string of the molecule is CCCCNc1cccc(F)c1C. The molecule has 0 saturated heterocycles. The lowest BCUT2D eigenvalue weighted by Crippen LogP contribution is -2.03. The summed E-state index contributed by atoms with van der Waals surface area (Å²) in [4.78, 5) is 0. The minimum Gasteiger partial charge on any atom is -0.385 e. The predicted octanol–water partition coefficient (Wildman–Crippen LogP) is 3.35. The third kappa shape index (κ3) is 2.72. The van der Waals surface area contributed by atoms with Crippen molar-refractivity contribution in [3.05, 3.63) is 29.6 Å². The minimum absolute atomic E-state index is 0.138. The van der Waals surface area contributed by atoms with Crippen molar-refractivity contribution in [2.45, 2.75) is 26.7 Å². The molecule has 0 amide bonds. The summed E-state index contributed by atoms with van der Waals surface area (Å²) in [6, 6.07) is 5.13. The quantitative estimate of drug-likeness (QED) is 0.702. The second-order valence-electron chi connectivity index (χ2n) is 3.19. The first-order chi connectivity index (χ1) is 6.25. The molecule has 0 unspecified atom stereocenters. The Morgan fingerprint density at radius 2 is 2.15 bits per heavy atom. The van der Waals surface area contributed by atoms with Crippen LogP contribution in [0.2, 0.25) is 0 Å². The molecule has 72 valence electrons. The molecule has 0 aromatic heterocycles. The van der Waals surface area contributed by atoms with Gasteiger partial charge in [-0.2, -0.15) is 0 Å². The number of unbranched alkanes of at least 4 members (excludes halogenated alkanes) is 1. The molecule has 0 aliphatic rings. The Morgan fingerprint density at radius 1 is 1.38 bits per heavy atom. The molecule has 0 aliphatic carbocycles. The summed E-state index contributed by atoms with van der Waals surface area (Å²) in [6.45, 7) is 4.85. The maximum absolute atomic E-state index is 13.0. The first kappa shape index (κ1) is 10.0. The van der Waals surface area contributed by atoms with E-state index in [4.69, 9.17) is 0 Å². The molecule has 0 saturated carbocycles. The lowest BCUT2D eigenvalue weighted by atomic mass is 10.2. The molecule has 1 rings (SSSR count). The average Bonchev–Trinajstić information content (AvgIpc) is 2.13. The van der Waals surface area contributed by atoms with Gasteiger partial charge in [0.25, 0.3) is 0 Å². The van der Waals surface area contributed by atoms with E-state index in [-0.39, 0.29) is 5.82 Å². The van der Waals surface area contributed by atoms with Gasteiger partial charge in [0.05, 0.1) is 0 Å². The average molecular weight is 181 g/mol. The topological polar surface area (TPSA) is 12.0 Å². The fourth-order valence-electron chi connectivity index (χ4n) is 1.20. The van der Waals surface area contributed by atoms with Crippen LogP contribution in [0.3, 0.4) is 0 Å². The van der Waals surface area contributed by atoms with Crippen molar-refractivity contribution in [1.82, 2.24) is 0 Å². The molecule has 0 radical (unpaired) electrons. The van der Waals surface area contributed by atoms with E-state index in [1.54, 1.807) is 13.0 Å². The van der Waals surface area contributed by atoms with Crippen LogP contribution in [0.15, 0.2) is 18.2 Å². The molecule has 0 fully saturated rings. The number of benzene rings is 1. The van der Waals surface area contributed by atoms with Crippen molar-refractivity contribution < 1.29 is 4.39 Å². The van der Waals surface area contributed by atoms with Gasteiger partial charge in [-0.3, -0.25) is 0 Å². The Balaban J connectivity index is 2.61. The molecule has 0 spiro atoms. The van der Waals surface area contributed by atoms with Crippen LogP contribution in [-0.4, -0.2) is 6.54 Å². The van der Waals surface area contributed by atoms with Gasteiger partial charge < -0.3 is 5.32 Å². The summed E-state index contributed by atoms with van der Waals surface area (Å²) in [5.41, 5.74) is 1.62. The molecule has 1 N–H and O–H groups in total. The number of anilines is 1. The van der Waals surface area contributed by atoms with Gasteiger partial charge in [0.15, 0.2) is 0 Å². The molecular weight excluding hydrogens is 165 g/mol. The fraction of sp³-hybridized carbons (Fsp3) is 0.455. The van der Waals surface area contributed by atoms with Crippen LogP contribution >= 0.6 is 0 Å². The van der Waals surface area contributed by atoms with Crippen molar-refractivity contribution in [3.8, 4) is 0 Å². The first-order valence-corrected chi connectivity index (χ1v) is 4.74. The number of nitrogens with one attached hydrogen (secondary N) is 1. The largest absolute Gasteiger partial charge is 0.385 e. The standard InChI is InChI=1S/C11H16FN/c1-3-4-8-13-11-7-5-6-10(12)9(11)2/h5-7,13H,3-4,8H2,1-2H3. The summed E-state index contributed by atoms with van der Waals surface area (Å²) in [6.07, 6.45) is 2.28. The first-order valence-electron chi connectivity index (χ1n) is 4.74. The molecule has 1 nitrogen and oxygen atoms in total. The third-order valence-corrected chi connectivity index (χ3v) is 2.11. The van der Waals surface area contributed by atoms with Gasteiger partial charge in [-0.05, 0) is 25.5 Å². The Kier molecular flexibility index (Phi) is 3.74. The lowest BCUT2D eigenvalue weighted by Gasteiger charge is -2.08. The smallest absolute Gasteiger partial charge is 0.128 e. The summed E-state index contributed by atoms with van der Waals surface area (Å²) in [5.74, 6) is -0.138. The Morgan fingerprint density at radius 3 is 2.85 bits per heavy atom. The normalized spacial score (nSPS) is 10.1. The van der Waals surface area contributed by atoms with Gasteiger partial charge in [0.1, 0.15) is 5.82 Å². The molecule has 2 heteroatoms. The highest BCUT2D eigenvalue weighted by Crippen LogP contribution is 2.17. The van der Waals surface area contributed by atoms with Gasteiger partial charge >= 0.3 is 0 Å². The van der Waals surface area contributed by atoms with Crippen LogP contribution in [-0.2, 0) is 0 Å². The van der Waals surface area contributed by atoms with Crippen LogP contribution < -0.4 is 5.32 Å². The third-order valence-electron chi connectivity index (χ3n) is 2.11. The fourth-order valence-corrected chi connectivity index (χ4v) is 1.20. The van der Waals surface area contributed by atoms with E-state index >= 15 is 0 Å². The Hall–Kier alpha value is -1.05. The monoisotopic (exact) mass is 181 g/mol. The van der Waals surface area contributed by atoms with Crippen molar-refractivity contribution in [2.75, 3.05) is 11.9 Å². The zero-order chi connectivity index (χ0) is 9.68. The van der Waals surface area contributed by atoms with Gasteiger partial charge in [0, 0.05) is 17.8 Å². The second kappa shape index (κ2) is 4.85. The molecule has 0 bridgehead atoms. The van der Waals surface area contributed by atoms with Crippen LogP contribution in [0.5, 0.6) is 0 Å². The molecule has 1 aromatic rings. The maximum atomic E-state index is 13.0. The van der Waals surface area contributed by atoms with Crippen molar-refractivity contribution >= 4 is 5.69 Å². The van der Waals surface area contributed by atoms with E-state index in [1.807, 2.05) is 6.07 Å². The van der Waals surface area contributed by atoms with Crippen LogP contribution in [0.1, 0.15) is 25.3 Å². The molecule has 0 heterocycles. The molecule has 0 aliphatic heterocycles. The van der Waals surface area contributed by atoms with E-state index < -0.39 is 0 Å². The van der Waals surface area contributed by atoms with Crippen molar-refractivity contribution in [1.29, 1.82) is 0 Å². The summed E-state index contributed by atoms with van der Waals surface area (Å²) in [7, 11) is 0. The second-order valence-corrected chi connectivity index (χ2v) is 3.19. The lowest BCUT2D eigenvalue weighted by molar-refractivity contribution is 0.619. The van der Waals surface area contributed by atoms with Crippen molar-refractivity contribution in [3.63, 3.8) is 0 Å². The van der Waals surface area contributed by atoms with E-state index in [9.17, 15) is 4.39 Å². The Bertz CT molecular complexity index is 271. The van der Waals surface area contributed by atoms with Crippen LogP contribution in [0, 0.1) is 12.7 Å². The summed E-state index contributed by atoms with van der Waals surface area (Å²) in [5, 5.41) is 3.21. The summed E-state index contributed by atoms with van der Waals surface area (Å²) < 4.78 is 13.0. The van der Waals surface area contributed by atoms with Crippen LogP contribution in [0.4, 0.5) is 10.1 Å². The van der Waals surface area contributed by atoms with Gasteiger partial charge in [0.2, 0.25) is 0 Å². The Labute approximate surface area is 79.0 Å². The predicted molar refractivity (Wildman–Crippen MR) is 54.5 cm³/mol. The zero-order valence-corrected chi connectivity index (χ0v) is 8.23. The highest BCUT2D eigenvalue weighted by atomic mass is 19.1. The van der Waals surface area contributed by atoms with Crippen LogP contribution in [0.25, 0.3) is 0 Å². The summed E-state index contributed by atoms with van der Waals surface area (Å²) >= 11 is 0. The number of rotatable bonds is 4. The molecule has 0 atom stereocenters. The van der Waals surface area contributed by atoms with E-state index in [1.165, 1.54) is 6.07 Å². The molecular formula is C11H16FN. The van der Waals surface area contributed by atoms with E-state index in [2.05, 4.69) is 12.2 Å². The van der Waals surface area contributed by atoms with E-state index in [0.29, 0.717) is 5.56 Å². The maximum Gasteiger partial charge on any atom is 0.128 e. The molecule has 13 heavy (non-hydrogen) atoms. The van der Waals surface area contributed by atoms with Gasteiger partial charge in [-0.25, -0.2) is 4.39 Å². The van der Waals surface area contributed by atoms with Crippen molar-refractivity contribution in [2.24, 2.45) is 0 Å². The minimum atomic E-state index is -0.138. The van der Waals surface area contributed by atoms with Gasteiger partial charge in [-0.15, -0.1) is 0 Å².